The molecule has 0 spiro atoms. The maximum atomic E-state index is 13.4. The van der Waals surface area contributed by atoms with Crippen LogP contribution in [0.25, 0.3) is 11.5 Å². The molecule has 0 fully saturated rings. The number of nitrogens with zero attached hydrogens (tertiary/aromatic N) is 1. The van der Waals surface area contributed by atoms with Gasteiger partial charge in [0.2, 0.25) is 26.6 Å². The molecule has 9 heteroatoms. The van der Waals surface area contributed by atoms with Gasteiger partial charge in [-0.25, -0.2) is 8.42 Å². The van der Waals surface area contributed by atoms with Crippen molar-refractivity contribution in [3.05, 3.63) is 77.3 Å². The summed E-state index contributed by atoms with van der Waals surface area (Å²) in [6.45, 7) is 2.45. The highest BCUT2D eigenvalue weighted by atomic mass is 79.9. The van der Waals surface area contributed by atoms with Crippen molar-refractivity contribution in [2.45, 2.75) is 16.8 Å². The lowest BCUT2D eigenvalue weighted by molar-refractivity contribution is 0.340. The molecule has 0 unspecified atom stereocenters. The predicted octanol–water partition coefficient (Wildman–Crippen LogP) is 6.09. The van der Waals surface area contributed by atoms with Crippen molar-refractivity contribution in [3.8, 4) is 23.0 Å². The minimum Gasteiger partial charge on any atom is -0.497 e. The largest absolute Gasteiger partial charge is 0.497 e. The van der Waals surface area contributed by atoms with Gasteiger partial charge in [0.25, 0.3) is 0 Å². The zero-order chi connectivity index (χ0) is 23.4. The second kappa shape index (κ2) is 9.68. The first-order chi connectivity index (χ1) is 15.9. The van der Waals surface area contributed by atoms with E-state index < -0.39 is 9.84 Å². The highest BCUT2D eigenvalue weighted by Gasteiger charge is 2.29. The van der Waals surface area contributed by atoms with Gasteiger partial charge < -0.3 is 19.2 Å². The van der Waals surface area contributed by atoms with Crippen molar-refractivity contribution in [2.75, 3.05) is 19.0 Å². The molecule has 0 saturated heterocycles. The van der Waals surface area contributed by atoms with Crippen molar-refractivity contribution in [2.24, 2.45) is 0 Å². The van der Waals surface area contributed by atoms with Crippen LogP contribution in [0.15, 0.2) is 91.6 Å². The number of hydrogen-bond acceptors (Lipinski definition) is 7. The van der Waals surface area contributed by atoms with Crippen molar-refractivity contribution < 1.29 is 22.3 Å². The molecule has 3 aromatic carbocycles. The molecule has 170 valence electrons. The number of sulfone groups is 1. The molecule has 0 radical (unpaired) electrons. The van der Waals surface area contributed by atoms with E-state index in [-0.39, 0.29) is 21.7 Å². The lowest BCUT2D eigenvalue weighted by Crippen LogP contribution is -2.05. The molecule has 0 atom stereocenters. The topological polar surface area (TPSA) is 90.7 Å². The predicted molar refractivity (Wildman–Crippen MR) is 129 cm³/mol. The molecule has 33 heavy (non-hydrogen) atoms. The van der Waals surface area contributed by atoms with E-state index in [9.17, 15) is 8.42 Å². The monoisotopic (exact) mass is 528 g/mol. The Morgan fingerprint density at radius 2 is 1.58 bits per heavy atom. The van der Waals surface area contributed by atoms with Gasteiger partial charge in [-0.1, -0.05) is 15.9 Å². The van der Waals surface area contributed by atoms with E-state index in [1.165, 1.54) is 12.1 Å². The summed E-state index contributed by atoms with van der Waals surface area (Å²) >= 11 is 3.33. The normalized spacial score (nSPS) is 11.2. The van der Waals surface area contributed by atoms with Crippen LogP contribution in [0.5, 0.6) is 11.5 Å². The smallest absolute Gasteiger partial charge is 0.238 e. The van der Waals surface area contributed by atoms with Crippen LogP contribution < -0.4 is 14.8 Å². The van der Waals surface area contributed by atoms with Gasteiger partial charge >= 0.3 is 0 Å². The number of halogens is 1. The second-order valence-corrected chi connectivity index (χ2v) is 9.70. The Morgan fingerprint density at radius 1 is 0.939 bits per heavy atom. The molecular formula is C24H21BrN2O5S. The summed E-state index contributed by atoms with van der Waals surface area (Å²) in [5.41, 5.74) is 1.24. The van der Waals surface area contributed by atoms with Gasteiger partial charge in [0, 0.05) is 15.7 Å². The first kappa shape index (κ1) is 22.9. The molecule has 1 heterocycles. The number of oxazole rings is 1. The molecular weight excluding hydrogens is 508 g/mol. The van der Waals surface area contributed by atoms with E-state index in [1.807, 2.05) is 6.92 Å². The number of nitrogens with one attached hydrogen (secondary N) is 1. The summed E-state index contributed by atoms with van der Waals surface area (Å²) < 4.78 is 44.2. The van der Waals surface area contributed by atoms with Crippen LogP contribution in [0.2, 0.25) is 0 Å². The molecule has 0 aliphatic rings. The number of methoxy groups -OCH3 is 1. The molecule has 7 nitrogen and oxygen atoms in total. The zero-order valence-corrected chi connectivity index (χ0v) is 20.3. The molecule has 0 amide bonds. The standard InChI is InChI=1S/C24H21BrN2O5S/c1-3-31-20-10-4-16(5-11-20)22-27-24(33(28,29)21-14-6-17(25)7-15-21)23(32-22)26-18-8-12-19(30-2)13-9-18/h4-15,26H,3H2,1-2H3. The number of rotatable bonds is 8. The fourth-order valence-electron chi connectivity index (χ4n) is 3.08. The molecule has 1 N–H and O–H groups in total. The number of aromatic nitrogens is 1. The lowest BCUT2D eigenvalue weighted by Gasteiger charge is -2.07. The molecule has 0 bridgehead atoms. The van der Waals surface area contributed by atoms with Gasteiger partial charge in [0.15, 0.2) is 0 Å². The van der Waals surface area contributed by atoms with Gasteiger partial charge in [0.1, 0.15) is 11.5 Å². The number of anilines is 2. The minimum absolute atomic E-state index is 0.0203. The third kappa shape index (κ3) is 5.04. The average Bonchev–Trinajstić information content (AvgIpc) is 3.25. The Morgan fingerprint density at radius 3 is 2.18 bits per heavy atom. The fourth-order valence-corrected chi connectivity index (χ4v) is 4.60. The minimum atomic E-state index is -3.96. The molecule has 4 rings (SSSR count). The summed E-state index contributed by atoms with van der Waals surface area (Å²) in [6.07, 6.45) is 0. The first-order valence-electron chi connectivity index (χ1n) is 10.1. The maximum absolute atomic E-state index is 13.4. The Kier molecular flexibility index (Phi) is 6.71. The van der Waals surface area contributed by atoms with E-state index in [2.05, 4.69) is 26.2 Å². The van der Waals surface area contributed by atoms with Gasteiger partial charge in [0.05, 0.1) is 18.6 Å². The van der Waals surface area contributed by atoms with E-state index >= 15 is 0 Å². The Labute approximate surface area is 200 Å². The summed E-state index contributed by atoms with van der Waals surface area (Å²) in [5, 5.41) is 2.83. The third-order valence-corrected chi connectivity index (χ3v) is 6.94. The van der Waals surface area contributed by atoms with Gasteiger partial charge in [-0.05, 0) is 79.7 Å². The van der Waals surface area contributed by atoms with E-state index in [4.69, 9.17) is 13.9 Å². The molecule has 0 aliphatic heterocycles. The van der Waals surface area contributed by atoms with Crippen molar-refractivity contribution in [3.63, 3.8) is 0 Å². The number of ether oxygens (including phenoxy) is 2. The van der Waals surface area contributed by atoms with Crippen LogP contribution in [0.4, 0.5) is 11.6 Å². The molecule has 1 aromatic heterocycles. The maximum Gasteiger partial charge on any atom is 0.238 e. The van der Waals surface area contributed by atoms with Crippen LogP contribution in [0.1, 0.15) is 6.92 Å². The summed E-state index contributed by atoms with van der Waals surface area (Å²) in [7, 11) is -2.39. The van der Waals surface area contributed by atoms with Crippen LogP contribution in [0, 0.1) is 0 Å². The van der Waals surface area contributed by atoms with Crippen molar-refractivity contribution >= 4 is 37.3 Å². The number of hydrogen-bond donors (Lipinski definition) is 1. The fraction of sp³-hybridized carbons (Fsp3) is 0.125. The number of benzene rings is 3. The van der Waals surface area contributed by atoms with Crippen molar-refractivity contribution in [1.82, 2.24) is 4.98 Å². The quantitative estimate of drug-likeness (QED) is 0.296. The summed E-state index contributed by atoms with van der Waals surface area (Å²) in [6, 6.07) is 20.5. The van der Waals surface area contributed by atoms with E-state index in [0.29, 0.717) is 29.4 Å². The van der Waals surface area contributed by atoms with Gasteiger partial charge in [-0.2, -0.15) is 4.98 Å². The lowest BCUT2D eigenvalue weighted by atomic mass is 10.2. The van der Waals surface area contributed by atoms with Gasteiger partial charge in [-0.15, -0.1) is 0 Å². The highest BCUT2D eigenvalue weighted by Crippen LogP contribution is 2.35. The summed E-state index contributed by atoms with van der Waals surface area (Å²) in [4.78, 5) is 4.47. The Balaban J connectivity index is 1.77. The Hall–Kier alpha value is -3.30. The molecule has 0 saturated carbocycles. The second-order valence-electron chi connectivity index (χ2n) is 6.92. The van der Waals surface area contributed by atoms with Crippen LogP contribution in [-0.2, 0) is 9.84 Å². The van der Waals surface area contributed by atoms with E-state index in [1.54, 1.807) is 67.8 Å². The average molecular weight is 529 g/mol. The summed E-state index contributed by atoms with van der Waals surface area (Å²) in [5.74, 6) is 1.57. The van der Waals surface area contributed by atoms with Crippen LogP contribution >= 0.6 is 15.9 Å². The molecule has 0 aliphatic carbocycles. The van der Waals surface area contributed by atoms with Gasteiger partial charge in [-0.3, -0.25) is 0 Å². The Bertz CT molecular complexity index is 1330. The molecule has 4 aromatic rings. The zero-order valence-electron chi connectivity index (χ0n) is 17.9. The SMILES string of the molecule is CCOc1ccc(-c2nc(S(=O)(=O)c3ccc(Br)cc3)c(Nc3ccc(OC)cc3)o2)cc1. The van der Waals surface area contributed by atoms with Crippen LogP contribution in [-0.4, -0.2) is 27.1 Å². The van der Waals surface area contributed by atoms with Crippen LogP contribution in [0.3, 0.4) is 0 Å². The first-order valence-corrected chi connectivity index (χ1v) is 12.3. The highest BCUT2D eigenvalue weighted by molar-refractivity contribution is 9.10. The van der Waals surface area contributed by atoms with E-state index in [0.717, 1.165) is 4.47 Å². The third-order valence-electron chi connectivity index (χ3n) is 4.73. The van der Waals surface area contributed by atoms with Crippen molar-refractivity contribution in [1.29, 1.82) is 0 Å².